The highest BCUT2D eigenvalue weighted by Gasteiger charge is 2.13. The summed E-state index contributed by atoms with van der Waals surface area (Å²) >= 11 is 0. The maximum absolute atomic E-state index is 9.06. The minimum absolute atomic E-state index is 0.474. The molecule has 3 heteroatoms. The second-order valence-corrected chi connectivity index (χ2v) is 3.64. The number of nitriles is 1. The van der Waals surface area contributed by atoms with E-state index in [4.69, 9.17) is 11.0 Å². The smallest absolute Gasteiger partial charge is 0.0998 e. The lowest BCUT2D eigenvalue weighted by atomic mass is 10.1. The summed E-state index contributed by atoms with van der Waals surface area (Å²) in [5, 5.41) is 10.1. The average molecular weight is 199 g/mol. The maximum Gasteiger partial charge on any atom is 0.0998 e. The summed E-state index contributed by atoms with van der Waals surface area (Å²) in [6, 6.07) is 7.97. The molecular formula is C12H13N3. The topological polar surface area (TPSA) is 54.7 Å². The number of nitrogens with two attached hydrogens (primary N) is 1. The third-order valence-corrected chi connectivity index (χ3v) is 2.97. The number of nitrogens with zero attached hydrogens (tertiary/aromatic N) is 2. The second-order valence-electron chi connectivity index (χ2n) is 3.64. The summed E-state index contributed by atoms with van der Waals surface area (Å²) in [5.41, 5.74) is 9.72. The van der Waals surface area contributed by atoms with Gasteiger partial charge in [0.1, 0.15) is 0 Å². The summed E-state index contributed by atoms with van der Waals surface area (Å²) in [4.78, 5) is 0. The fourth-order valence-corrected chi connectivity index (χ4v) is 2.04. The van der Waals surface area contributed by atoms with Crippen LogP contribution in [0.1, 0.15) is 16.8 Å². The standard InChI is InChI=1S/C12H13N3/c1-8-10(7-14)12-9(6-13)4-3-5-11(12)15(8)2/h3-5H,7,14H2,1-2H3. The van der Waals surface area contributed by atoms with E-state index in [1.54, 1.807) is 0 Å². The van der Waals surface area contributed by atoms with Gasteiger partial charge in [0.15, 0.2) is 0 Å². The minimum Gasteiger partial charge on any atom is -0.348 e. The molecule has 0 spiro atoms. The first-order valence-electron chi connectivity index (χ1n) is 4.87. The Hall–Kier alpha value is -1.79. The number of hydrogen-bond acceptors (Lipinski definition) is 2. The Bertz CT molecular complexity index is 558. The third kappa shape index (κ3) is 1.23. The van der Waals surface area contributed by atoms with Crippen LogP contribution in [0, 0.1) is 18.3 Å². The molecule has 0 saturated carbocycles. The second kappa shape index (κ2) is 3.41. The summed E-state index contributed by atoms with van der Waals surface area (Å²) in [6.45, 7) is 2.51. The molecule has 0 unspecified atom stereocenters. The first-order valence-corrected chi connectivity index (χ1v) is 4.87. The number of rotatable bonds is 1. The van der Waals surface area contributed by atoms with E-state index in [2.05, 4.69) is 10.6 Å². The van der Waals surface area contributed by atoms with Gasteiger partial charge in [0, 0.05) is 30.2 Å². The first-order chi connectivity index (χ1) is 7.20. The molecule has 3 nitrogen and oxygen atoms in total. The van der Waals surface area contributed by atoms with Crippen LogP contribution in [0.2, 0.25) is 0 Å². The summed E-state index contributed by atoms with van der Waals surface area (Å²) in [7, 11) is 2.00. The van der Waals surface area contributed by atoms with E-state index < -0.39 is 0 Å². The van der Waals surface area contributed by atoms with Gasteiger partial charge in [-0.1, -0.05) is 6.07 Å². The van der Waals surface area contributed by atoms with Crippen LogP contribution in [0.3, 0.4) is 0 Å². The van der Waals surface area contributed by atoms with E-state index in [1.807, 2.05) is 32.2 Å². The highest BCUT2D eigenvalue weighted by Crippen LogP contribution is 2.27. The number of fused-ring (bicyclic) bond motifs is 1. The van der Waals surface area contributed by atoms with Crippen molar-refractivity contribution < 1.29 is 0 Å². The summed E-state index contributed by atoms with van der Waals surface area (Å²) < 4.78 is 2.08. The molecule has 0 aliphatic rings. The van der Waals surface area contributed by atoms with E-state index in [0.717, 1.165) is 22.2 Å². The predicted octanol–water partition coefficient (Wildman–Crippen LogP) is 1.82. The van der Waals surface area contributed by atoms with Crippen LogP contribution in [-0.4, -0.2) is 4.57 Å². The molecule has 0 fully saturated rings. The Balaban J connectivity index is 2.99. The SMILES string of the molecule is Cc1c(CN)c2c(C#N)cccc2n1C. The lowest BCUT2D eigenvalue weighted by molar-refractivity contribution is 0.894. The molecule has 2 N–H and O–H groups in total. The third-order valence-electron chi connectivity index (χ3n) is 2.97. The number of aromatic nitrogens is 1. The molecule has 2 aromatic rings. The van der Waals surface area contributed by atoms with E-state index >= 15 is 0 Å². The highest BCUT2D eigenvalue weighted by molar-refractivity contribution is 5.90. The zero-order chi connectivity index (χ0) is 11.0. The van der Waals surface area contributed by atoms with Gasteiger partial charge >= 0.3 is 0 Å². The van der Waals surface area contributed by atoms with Crippen LogP contribution in [0.25, 0.3) is 10.9 Å². The van der Waals surface area contributed by atoms with Gasteiger partial charge < -0.3 is 10.3 Å². The lowest BCUT2D eigenvalue weighted by Crippen LogP contribution is -1.99. The number of hydrogen-bond donors (Lipinski definition) is 1. The van der Waals surface area contributed by atoms with Gasteiger partial charge in [-0.2, -0.15) is 5.26 Å². The van der Waals surface area contributed by atoms with Crippen molar-refractivity contribution in [3.8, 4) is 6.07 Å². The lowest BCUT2D eigenvalue weighted by Gasteiger charge is -1.97. The van der Waals surface area contributed by atoms with Crippen molar-refractivity contribution in [2.75, 3.05) is 0 Å². The van der Waals surface area contributed by atoms with Crippen molar-refractivity contribution in [1.82, 2.24) is 4.57 Å². The van der Waals surface area contributed by atoms with Gasteiger partial charge in [0.05, 0.1) is 11.6 Å². The highest BCUT2D eigenvalue weighted by atomic mass is 14.9. The van der Waals surface area contributed by atoms with E-state index in [-0.39, 0.29) is 0 Å². The zero-order valence-electron chi connectivity index (χ0n) is 8.91. The molecule has 0 bridgehead atoms. The van der Waals surface area contributed by atoms with Crippen molar-refractivity contribution in [1.29, 1.82) is 5.26 Å². The molecule has 0 aliphatic heterocycles. The Morgan fingerprint density at radius 3 is 2.80 bits per heavy atom. The van der Waals surface area contributed by atoms with E-state index in [0.29, 0.717) is 12.1 Å². The number of benzene rings is 1. The van der Waals surface area contributed by atoms with Crippen LogP contribution in [0.5, 0.6) is 0 Å². The van der Waals surface area contributed by atoms with Crippen LogP contribution in [0.4, 0.5) is 0 Å². The summed E-state index contributed by atoms with van der Waals surface area (Å²) in [6.07, 6.45) is 0. The Morgan fingerprint density at radius 2 is 2.20 bits per heavy atom. The van der Waals surface area contributed by atoms with Gasteiger partial charge in [-0.05, 0) is 24.6 Å². The summed E-state index contributed by atoms with van der Waals surface area (Å²) in [5.74, 6) is 0. The van der Waals surface area contributed by atoms with Crippen molar-refractivity contribution in [2.24, 2.45) is 12.8 Å². The Labute approximate surface area is 88.7 Å². The average Bonchev–Trinajstić information content (AvgIpc) is 2.52. The molecule has 0 atom stereocenters. The fraction of sp³-hybridized carbons (Fsp3) is 0.250. The molecule has 15 heavy (non-hydrogen) atoms. The van der Waals surface area contributed by atoms with Crippen LogP contribution in [-0.2, 0) is 13.6 Å². The van der Waals surface area contributed by atoms with Crippen molar-refractivity contribution in [3.63, 3.8) is 0 Å². The molecule has 0 saturated heterocycles. The monoisotopic (exact) mass is 199 g/mol. The molecule has 0 radical (unpaired) electrons. The van der Waals surface area contributed by atoms with Gasteiger partial charge in [0.2, 0.25) is 0 Å². The van der Waals surface area contributed by atoms with Crippen LogP contribution < -0.4 is 5.73 Å². The molecule has 76 valence electrons. The van der Waals surface area contributed by atoms with Gasteiger partial charge in [0.25, 0.3) is 0 Å². The first kappa shape index (κ1) is 9.75. The predicted molar refractivity (Wildman–Crippen MR) is 60.3 cm³/mol. The molecule has 2 rings (SSSR count). The zero-order valence-corrected chi connectivity index (χ0v) is 8.91. The van der Waals surface area contributed by atoms with Gasteiger partial charge in [-0.3, -0.25) is 0 Å². The maximum atomic E-state index is 9.06. The van der Waals surface area contributed by atoms with Crippen LogP contribution >= 0.6 is 0 Å². The minimum atomic E-state index is 0.474. The van der Waals surface area contributed by atoms with Crippen molar-refractivity contribution >= 4 is 10.9 Å². The molecular weight excluding hydrogens is 186 g/mol. The molecule has 1 aromatic heterocycles. The molecule has 0 amide bonds. The molecule has 1 heterocycles. The Morgan fingerprint density at radius 1 is 1.47 bits per heavy atom. The van der Waals surface area contributed by atoms with E-state index in [9.17, 15) is 0 Å². The molecule has 1 aromatic carbocycles. The van der Waals surface area contributed by atoms with Gasteiger partial charge in [-0.15, -0.1) is 0 Å². The van der Waals surface area contributed by atoms with E-state index in [1.165, 1.54) is 0 Å². The normalized spacial score (nSPS) is 10.5. The number of aryl methyl sites for hydroxylation is 1. The van der Waals surface area contributed by atoms with Crippen molar-refractivity contribution in [3.05, 3.63) is 35.0 Å². The van der Waals surface area contributed by atoms with Crippen LogP contribution in [0.15, 0.2) is 18.2 Å². The fourth-order valence-electron chi connectivity index (χ4n) is 2.04. The van der Waals surface area contributed by atoms with Crippen molar-refractivity contribution in [2.45, 2.75) is 13.5 Å². The Kier molecular flexibility index (Phi) is 2.22. The molecule has 0 aliphatic carbocycles. The quantitative estimate of drug-likeness (QED) is 0.761. The largest absolute Gasteiger partial charge is 0.348 e. The van der Waals surface area contributed by atoms with Gasteiger partial charge in [-0.25, -0.2) is 0 Å².